The summed E-state index contributed by atoms with van der Waals surface area (Å²) in [6.07, 6.45) is 0. The summed E-state index contributed by atoms with van der Waals surface area (Å²) in [6, 6.07) is 6.01. The number of hydrogen-bond donors (Lipinski definition) is 2. The van der Waals surface area contributed by atoms with Crippen LogP contribution in [0.4, 0.5) is 0 Å². The maximum atomic E-state index is 12.0. The summed E-state index contributed by atoms with van der Waals surface area (Å²) in [4.78, 5) is 12.0. The predicted octanol–water partition coefficient (Wildman–Crippen LogP) is 1.88. The fourth-order valence-electron chi connectivity index (χ4n) is 2.05. The molecule has 1 rings (SSSR count). The zero-order valence-electron chi connectivity index (χ0n) is 14.1. The summed E-state index contributed by atoms with van der Waals surface area (Å²) in [7, 11) is 1.84. The van der Waals surface area contributed by atoms with Gasteiger partial charge in [-0.15, -0.1) is 0 Å². The first-order chi connectivity index (χ1) is 10.6. The van der Waals surface area contributed by atoms with Gasteiger partial charge >= 0.3 is 0 Å². The Kier molecular flexibility index (Phi) is 8.55. The third-order valence-corrected chi connectivity index (χ3v) is 3.32. The van der Waals surface area contributed by atoms with E-state index in [4.69, 9.17) is 9.47 Å². The summed E-state index contributed by atoms with van der Waals surface area (Å²) in [6.45, 7) is 8.77. The molecule has 22 heavy (non-hydrogen) atoms. The van der Waals surface area contributed by atoms with Crippen LogP contribution in [0.3, 0.4) is 0 Å². The van der Waals surface area contributed by atoms with Crippen LogP contribution in [0.25, 0.3) is 0 Å². The van der Waals surface area contributed by atoms with E-state index in [9.17, 15) is 4.79 Å². The molecule has 0 fully saturated rings. The van der Waals surface area contributed by atoms with Crippen LogP contribution in [-0.2, 0) is 16.1 Å². The Balaban J connectivity index is 2.59. The van der Waals surface area contributed by atoms with Crippen molar-refractivity contribution in [3.8, 4) is 5.75 Å². The van der Waals surface area contributed by atoms with Gasteiger partial charge in [-0.3, -0.25) is 4.79 Å². The first kappa shape index (κ1) is 18.5. The number of benzene rings is 1. The lowest BCUT2D eigenvalue weighted by molar-refractivity contribution is -0.124. The maximum absolute atomic E-state index is 12.0. The highest BCUT2D eigenvalue weighted by Crippen LogP contribution is 2.20. The van der Waals surface area contributed by atoms with E-state index < -0.39 is 0 Å². The van der Waals surface area contributed by atoms with Crippen LogP contribution in [0.1, 0.15) is 25.0 Å². The number of amides is 1. The highest BCUT2D eigenvalue weighted by molar-refractivity contribution is 5.78. The Morgan fingerprint density at radius 1 is 1.32 bits per heavy atom. The number of aryl methyl sites for hydroxylation is 1. The zero-order chi connectivity index (χ0) is 16.4. The second kappa shape index (κ2) is 10.2. The van der Waals surface area contributed by atoms with Crippen molar-refractivity contribution in [2.45, 2.75) is 27.3 Å². The molecule has 1 amide bonds. The van der Waals surface area contributed by atoms with E-state index >= 15 is 0 Å². The number of nitrogens with one attached hydrogen (secondary N) is 2. The van der Waals surface area contributed by atoms with Gasteiger partial charge in [-0.05, 0) is 32.5 Å². The second-order valence-corrected chi connectivity index (χ2v) is 5.33. The summed E-state index contributed by atoms with van der Waals surface area (Å²) < 4.78 is 11.1. The smallest absolute Gasteiger partial charge is 0.224 e. The van der Waals surface area contributed by atoms with Gasteiger partial charge < -0.3 is 20.1 Å². The second-order valence-electron chi connectivity index (χ2n) is 5.33. The van der Waals surface area contributed by atoms with Gasteiger partial charge in [0.2, 0.25) is 5.91 Å². The van der Waals surface area contributed by atoms with Crippen molar-refractivity contribution in [3.63, 3.8) is 0 Å². The van der Waals surface area contributed by atoms with Gasteiger partial charge in [0, 0.05) is 31.2 Å². The van der Waals surface area contributed by atoms with Crippen LogP contribution >= 0.6 is 0 Å². The molecule has 0 heterocycles. The first-order valence-corrected chi connectivity index (χ1v) is 7.80. The molecule has 0 aliphatic carbocycles. The predicted molar refractivity (Wildman–Crippen MR) is 88.1 cm³/mol. The molecule has 1 unspecified atom stereocenters. The molecule has 0 aliphatic heterocycles. The average molecular weight is 308 g/mol. The third kappa shape index (κ3) is 6.45. The summed E-state index contributed by atoms with van der Waals surface area (Å²) in [5.74, 6) is 0.786. The molecule has 0 bridgehead atoms. The monoisotopic (exact) mass is 308 g/mol. The number of carbonyl (C=O) groups is 1. The van der Waals surface area contributed by atoms with Crippen molar-refractivity contribution in [2.75, 3.05) is 33.4 Å². The van der Waals surface area contributed by atoms with Gasteiger partial charge in [0.15, 0.2) is 0 Å². The van der Waals surface area contributed by atoms with Crippen LogP contribution in [-0.4, -0.2) is 39.3 Å². The zero-order valence-corrected chi connectivity index (χ0v) is 14.1. The molecule has 0 aliphatic rings. The van der Waals surface area contributed by atoms with Crippen LogP contribution in [0, 0.1) is 12.8 Å². The Morgan fingerprint density at radius 2 is 2.09 bits per heavy atom. The van der Waals surface area contributed by atoms with E-state index in [1.807, 2.05) is 46.0 Å². The van der Waals surface area contributed by atoms with Crippen molar-refractivity contribution in [1.29, 1.82) is 0 Å². The van der Waals surface area contributed by atoms with Gasteiger partial charge in [0.05, 0.1) is 6.61 Å². The van der Waals surface area contributed by atoms with Crippen LogP contribution < -0.4 is 15.4 Å². The van der Waals surface area contributed by atoms with Gasteiger partial charge in [0.1, 0.15) is 12.4 Å². The Hall–Kier alpha value is -1.59. The highest BCUT2D eigenvalue weighted by atomic mass is 16.5. The lowest BCUT2D eigenvalue weighted by atomic mass is 10.1. The lowest BCUT2D eigenvalue weighted by Gasteiger charge is -2.15. The molecule has 1 atom stereocenters. The molecule has 5 nitrogen and oxygen atoms in total. The molecule has 0 aromatic heterocycles. The molecule has 5 heteroatoms. The van der Waals surface area contributed by atoms with Gasteiger partial charge in [-0.1, -0.05) is 19.1 Å². The van der Waals surface area contributed by atoms with E-state index in [-0.39, 0.29) is 11.8 Å². The van der Waals surface area contributed by atoms with Crippen molar-refractivity contribution in [1.82, 2.24) is 10.6 Å². The number of carbonyl (C=O) groups excluding carboxylic acids is 1. The van der Waals surface area contributed by atoms with Crippen LogP contribution in [0.2, 0.25) is 0 Å². The molecule has 1 aromatic carbocycles. The van der Waals surface area contributed by atoms with Gasteiger partial charge in [0.25, 0.3) is 0 Å². The normalized spacial score (nSPS) is 12.0. The molecule has 1 aromatic rings. The molecule has 0 radical (unpaired) electrons. The number of hydrogen-bond acceptors (Lipinski definition) is 4. The standard InChI is InChI=1S/C17H28N2O3/c1-5-21-8-9-22-16-10-13(2)6-7-15(16)12-19-17(20)14(3)11-18-4/h6-7,10,14,18H,5,8-9,11-12H2,1-4H3,(H,19,20). The van der Waals surface area contributed by atoms with E-state index in [0.717, 1.165) is 16.9 Å². The van der Waals surface area contributed by atoms with Crippen molar-refractivity contribution in [2.24, 2.45) is 5.92 Å². The number of rotatable bonds is 10. The van der Waals surface area contributed by atoms with E-state index in [1.165, 1.54) is 0 Å². The fraction of sp³-hybridized carbons (Fsp3) is 0.588. The summed E-state index contributed by atoms with van der Waals surface area (Å²) in [5.41, 5.74) is 2.11. The van der Waals surface area contributed by atoms with E-state index in [2.05, 4.69) is 10.6 Å². The van der Waals surface area contributed by atoms with Gasteiger partial charge in [-0.25, -0.2) is 0 Å². The average Bonchev–Trinajstić information content (AvgIpc) is 2.50. The molecule has 2 N–H and O–H groups in total. The van der Waals surface area contributed by atoms with Crippen molar-refractivity contribution < 1.29 is 14.3 Å². The van der Waals surface area contributed by atoms with Gasteiger partial charge in [-0.2, -0.15) is 0 Å². The minimum absolute atomic E-state index is 0.0372. The van der Waals surface area contributed by atoms with Crippen LogP contribution in [0.5, 0.6) is 5.75 Å². The van der Waals surface area contributed by atoms with Crippen LogP contribution in [0.15, 0.2) is 18.2 Å². The lowest BCUT2D eigenvalue weighted by Crippen LogP contribution is -2.34. The Labute approximate surface area is 133 Å². The molecule has 124 valence electrons. The SMILES string of the molecule is CCOCCOc1cc(C)ccc1CNC(=O)C(C)CNC. The first-order valence-electron chi connectivity index (χ1n) is 7.80. The number of ether oxygens (including phenoxy) is 2. The topological polar surface area (TPSA) is 59.6 Å². The summed E-state index contributed by atoms with van der Waals surface area (Å²) >= 11 is 0. The quantitative estimate of drug-likeness (QED) is 0.648. The minimum Gasteiger partial charge on any atom is -0.491 e. The minimum atomic E-state index is -0.0576. The molecular formula is C17H28N2O3. The van der Waals surface area contributed by atoms with Crippen molar-refractivity contribution in [3.05, 3.63) is 29.3 Å². The fourth-order valence-corrected chi connectivity index (χ4v) is 2.05. The molecular weight excluding hydrogens is 280 g/mol. The molecule has 0 spiro atoms. The van der Waals surface area contributed by atoms with E-state index in [1.54, 1.807) is 0 Å². The maximum Gasteiger partial charge on any atom is 0.224 e. The van der Waals surface area contributed by atoms with Crippen molar-refractivity contribution >= 4 is 5.91 Å². The Morgan fingerprint density at radius 3 is 2.77 bits per heavy atom. The Bertz CT molecular complexity index is 463. The highest BCUT2D eigenvalue weighted by Gasteiger charge is 2.12. The third-order valence-electron chi connectivity index (χ3n) is 3.32. The van der Waals surface area contributed by atoms with E-state index in [0.29, 0.717) is 32.9 Å². The largest absolute Gasteiger partial charge is 0.491 e. The summed E-state index contributed by atoms with van der Waals surface area (Å²) in [5, 5.41) is 5.96. The molecule has 0 saturated heterocycles. The molecule has 0 saturated carbocycles.